The van der Waals surface area contributed by atoms with Gasteiger partial charge in [0.15, 0.2) is 0 Å². The number of carbonyl (C=O) groups is 2. The monoisotopic (exact) mass is 323 g/mol. The SMILES string of the molecule is Cc1nc(SN2C(=O)CCC2=O)nc(N(C(C)C)C(C)C)n1. The Morgan fingerprint density at radius 3 is 2.05 bits per heavy atom. The number of hydrogen-bond donors (Lipinski definition) is 0. The highest BCUT2D eigenvalue weighted by molar-refractivity contribution is 7.97. The molecule has 0 N–H and O–H groups in total. The lowest BCUT2D eigenvalue weighted by Crippen LogP contribution is -2.38. The van der Waals surface area contributed by atoms with Crippen LogP contribution in [0.5, 0.6) is 0 Å². The third-order valence-corrected chi connectivity index (χ3v) is 4.17. The van der Waals surface area contributed by atoms with Gasteiger partial charge in [0, 0.05) is 36.9 Å². The second-order valence-electron chi connectivity index (χ2n) is 5.73. The first-order chi connectivity index (χ1) is 10.3. The van der Waals surface area contributed by atoms with Crippen LogP contribution in [0.1, 0.15) is 46.4 Å². The Morgan fingerprint density at radius 2 is 1.55 bits per heavy atom. The molecule has 0 atom stereocenters. The van der Waals surface area contributed by atoms with Gasteiger partial charge in [-0.25, -0.2) is 9.29 Å². The van der Waals surface area contributed by atoms with Gasteiger partial charge in [0.1, 0.15) is 5.82 Å². The molecule has 0 spiro atoms. The molecule has 1 saturated heterocycles. The molecule has 22 heavy (non-hydrogen) atoms. The topological polar surface area (TPSA) is 79.3 Å². The van der Waals surface area contributed by atoms with Crippen molar-refractivity contribution in [3.05, 3.63) is 5.82 Å². The lowest BCUT2D eigenvalue weighted by atomic mass is 10.2. The van der Waals surface area contributed by atoms with Crippen LogP contribution in [0.15, 0.2) is 5.16 Å². The van der Waals surface area contributed by atoms with Gasteiger partial charge in [0.25, 0.3) is 0 Å². The van der Waals surface area contributed by atoms with Gasteiger partial charge >= 0.3 is 0 Å². The fourth-order valence-corrected chi connectivity index (χ4v) is 3.24. The van der Waals surface area contributed by atoms with Gasteiger partial charge in [0.05, 0.1) is 0 Å². The zero-order valence-corrected chi connectivity index (χ0v) is 14.3. The Hall–Kier alpha value is -1.70. The quantitative estimate of drug-likeness (QED) is 0.605. The standard InChI is InChI=1S/C14H21N5O2S/c1-8(2)18(9(3)4)13-15-10(5)16-14(17-13)22-19-11(20)6-7-12(19)21/h8-9H,6-7H2,1-5H3. The van der Waals surface area contributed by atoms with Crippen LogP contribution < -0.4 is 4.90 Å². The van der Waals surface area contributed by atoms with Crippen molar-refractivity contribution in [1.29, 1.82) is 0 Å². The number of anilines is 1. The molecule has 1 aliphatic rings. The van der Waals surface area contributed by atoms with Crippen molar-refractivity contribution in [1.82, 2.24) is 19.3 Å². The number of nitrogens with zero attached hydrogens (tertiary/aromatic N) is 5. The van der Waals surface area contributed by atoms with Crippen LogP contribution in [-0.2, 0) is 9.59 Å². The molecular weight excluding hydrogens is 302 g/mol. The van der Waals surface area contributed by atoms with E-state index in [1.165, 1.54) is 0 Å². The molecule has 1 fully saturated rings. The summed E-state index contributed by atoms with van der Waals surface area (Å²) in [5, 5.41) is 0.373. The molecule has 0 radical (unpaired) electrons. The van der Waals surface area contributed by atoms with Crippen LogP contribution in [-0.4, -0.2) is 43.2 Å². The first-order valence-electron chi connectivity index (χ1n) is 7.34. The second kappa shape index (κ2) is 6.60. The van der Waals surface area contributed by atoms with E-state index in [9.17, 15) is 9.59 Å². The summed E-state index contributed by atoms with van der Waals surface area (Å²) in [5.74, 6) is 0.746. The average molecular weight is 323 g/mol. The zero-order valence-electron chi connectivity index (χ0n) is 13.5. The van der Waals surface area contributed by atoms with E-state index < -0.39 is 0 Å². The Labute approximate surface area is 134 Å². The highest BCUT2D eigenvalue weighted by Crippen LogP contribution is 2.27. The summed E-state index contributed by atoms with van der Waals surface area (Å²) >= 11 is 0.982. The lowest BCUT2D eigenvalue weighted by Gasteiger charge is -2.30. The highest BCUT2D eigenvalue weighted by atomic mass is 32.2. The van der Waals surface area contributed by atoms with Crippen molar-refractivity contribution in [3.63, 3.8) is 0 Å². The molecule has 0 aliphatic carbocycles. The van der Waals surface area contributed by atoms with Gasteiger partial charge in [-0.1, -0.05) is 0 Å². The summed E-state index contributed by atoms with van der Waals surface area (Å²) in [5.41, 5.74) is 0. The summed E-state index contributed by atoms with van der Waals surface area (Å²) in [4.78, 5) is 38.6. The van der Waals surface area contributed by atoms with E-state index in [0.29, 0.717) is 16.9 Å². The van der Waals surface area contributed by atoms with Gasteiger partial charge in [-0.15, -0.1) is 0 Å². The maximum Gasteiger partial charge on any atom is 0.240 e. The van der Waals surface area contributed by atoms with Crippen molar-refractivity contribution < 1.29 is 9.59 Å². The van der Waals surface area contributed by atoms with E-state index in [1.54, 1.807) is 6.92 Å². The van der Waals surface area contributed by atoms with Crippen molar-refractivity contribution in [2.24, 2.45) is 0 Å². The van der Waals surface area contributed by atoms with E-state index in [0.717, 1.165) is 16.3 Å². The van der Waals surface area contributed by atoms with Gasteiger partial charge in [-0.3, -0.25) is 9.59 Å². The molecule has 2 heterocycles. The number of rotatable bonds is 5. The number of imide groups is 1. The van der Waals surface area contributed by atoms with Crippen molar-refractivity contribution in [2.75, 3.05) is 4.90 Å². The van der Waals surface area contributed by atoms with E-state index >= 15 is 0 Å². The van der Waals surface area contributed by atoms with Gasteiger partial charge < -0.3 is 4.90 Å². The lowest BCUT2D eigenvalue weighted by molar-refractivity contribution is -0.131. The molecule has 1 aromatic rings. The van der Waals surface area contributed by atoms with Crippen LogP contribution in [0.3, 0.4) is 0 Å². The molecule has 0 aromatic carbocycles. The molecule has 0 saturated carbocycles. The third-order valence-electron chi connectivity index (χ3n) is 3.24. The van der Waals surface area contributed by atoms with E-state index in [4.69, 9.17) is 0 Å². The van der Waals surface area contributed by atoms with E-state index in [2.05, 4.69) is 47.5 Å². The average Bonchev–Trinajstić information content (AvgIpc) is 2.69. The van der Waals surface area contributed by atoms with Gasteiger partial charge in [-0.2, -0.15) is 9.97 Å². The number of carbonyl (C=O) groups excluding carboxylic acids is 2. The number of aromatic nitrogens is 3. The maximum atomic E-state index is 11.7. The number of aryl methyl sites for hydroxylation is 1. The van der Waals surface area contributed by atoms with Crippen molar-refractivity contribution in [3.8, 4) is 0 Å². The summed E-state index contributed by atoms with van der Waals surface area (Å²) in [7, 11) is 0. The van der Waals surface area contributed by atoms with Crippen LogP contribution in [0.4, 0.5) is 5.95 Å². The van der Waals surface area contributed by atoms with E-state index in [1.807, 2.05) is 0 Å². The smallest absolute Gasteiger partial charge is 0.240 e. The number of amides is 2. The first kappa shape index (κ1) is 16.7. The molecule has 120 valence electrons. The Balaban J connectivity index is 2.30. The number of hydrogen-bond acceptors (Lipinski definition) is 7. The summed E-state index contributed by atoms with van der Waals surface area (Å²) < 4.78 is 1.15. The molecule has 2 amide bonds. The molecule has 7 nitrogen and oxygen atoms in total. The van der Waals surface area contributed by atoms with Gasteiger partial charge in [-0.05, 0) is 34.6 Å². The summed E-state index contributed by atoms with van der Waals surface area (Å²) in [6.45, 7) is 10.1. The zero-order chi connectivity index (χ0) is 16.4. The van der Waals surface area contributed by atoms with E-state index in [-0.39, 0.29) is 36.7 Å². The van der Waals surface area contributed by atoms with Crippen molar-refractivity contribution >= 4 is 29.7 Å². The second-order valence-corrected chi connectivity index (χ2v) is 6.65. The minimum Gasteiger partial charge on any atom is -0.336 e. The summed E-state index contributed by atoms with van der Waals surface area (Å²) in [6, 6.07) is 0.462. The summed E-state index contributed by atoms with van der Waals surface area (Å²) in [6.07, 6.45) is 0.514. The Bertz CT molecular complexity index is 567. The minimum absolute atomic E-state index is 0.195. The molecule has 0 unspecified atom stereocenters. The third kappa shape index (κ3) is 3.55. The van der Waals surface area contributed by atoms with Gasteiger partial charge in [0.2, 0.25) is 22.9 Å². The Kier molecular flexibility index (Phi) is 5.00. The normalized spacial score (nSPS) is 15.3. The van der Waals surface area contributed by atoms with Crippen LogP contribution in [0.25, 0.3) is 0 Å². The van der Waals surface area contributed by atoms with Crippen molar-refractivity contribution in [2.45, 2.75) is 64.7 Å². The minimum atomic E-state index is -0.195. The van der Waals surface area contributed by atoms with Crippen LogP contribution >= 0.6 is 11.9 Å². The largest absolute Gasteiger partial charge is 0.336 e. The van der Waals surface area contributed by atoms with Crippen LogP contribution in [0, 0.1) is 6.92 Å². The fraction of sp³-hybridized carbons (Fsp3) is 0.643. The molecule has 0 bridgehead atoms. The molecule has 1 aromatic heterocycles. The highest BCUT2D eigenvalue weighted by Gasteiger charge is 2.31. The first-order valence-corrected chi connectivity index (χ1v) is 8.11. The fourth-order valence-electron chi connectivity index (χ4n) is 2.40. The Morgan fingerprint density at radius 1 is 1.00 bits per heavy atom. The van der Waals surface area contributed by atoms with Crippen LogP contribution in [0.2, 0.25) is 0 Å². The molecule has 1 aliphatic heterocycles. The predicted molar refractivity (Wildman–Crippen MR) is 84.3 cm³/mol. The molecule has 2 rings (SSSR count). The maximum absolute atomic E-state index is 11.7. The molecular formula is C14H21N5O2S. The predicted octanol–water partition coefficient (Wildman–Crippen LogP) is 1.96. The molecule has 8 heteroatoms.